The lowest BCUT2D eigenvalue weighted by atomic mass is 9.43. The molecule has 0 unspecified atom stereocenters. The number of benzene rings is 1. The SMILES string of the molecule is C[C@@H]1CN(C(C)(C)/C=C(\C#N)C(=O)N2CCCC[C@@H](OC(=O)N[C@@H](Cc3ccccc3)B3O[C@@H]4C[C@@H]5C[C@@H](C5(C)C)[C@]4(C)O3)C2)CCO1. The zero-order valence-electron chi connectivity index (χ0n) is 29.6. The molecule has 3 aliphatic carbocycles. The van der Waals surface area contributed by atoms with Gasteiger partial charge in [0.15, 0.2) is 0 Å². The van der Waals surface area contributed by atoms with Gasteiger partial charge >= 0.3 is 13.2 Å². The summed E-state index contributed by atoms with van der Waals surface area (Å²) >= 11 is 0. The number of amides is 2. The molecule has 3 saturated carbocycles. The number of nitrogens with one attached hydrogen (secondary N) is 1. The molecule has 6 aliphatic rings. The van der Waals surface area contributed by atoms with E-state index in [4.69, 9.17) is 18.8 Å². The zero-order valence-corrected chi connectivity index (χ0v) is 29.6. The van der Waals surface area contributed by atoms with Crippen LogP contribution >= 0.6 is 0 Å². The van der Waals surface area contributed by atoms with E-state index in [1.54, 1.807) is 11.0 Å². The molecule has 2 amide bonds. The molecular weight excluding hydrogens is 607 g/mol. The number of ether oxygens (including phenoxy) is 2. The predicted molar refractivity (Wildman–Crippen MR) is 183 cm³/mol. The van der Waals surface area contributed by atoms with Crippen molar-refractivity contribution in [1.29, 1.82) is 5.26 Å². The van der Waals surface area contributed by atoms with Crippen LogP contribution in [0.5, 0.6) is 0 Å². The van der Waals surface area contributed by atoms with Crippen molar-refractivity contribution in [1.82, 2.24) is 15.1 Å². The van der Waals surface area contributed by atoms with E-state index < -0.39 is 36.4 Å². The van der Waals surface area contributed by atoms with Gasteiger partial charge in [-0.3, -0.25) is 9.69 Å². The first kappa shape index (κ1) is 34.9. The molecule has 48 heavy (non-hydrogen) atoms. The van der Waals surface area contributed by atoms with Crippen molar-refractivity contribution in [3.8, 4) is 6.07 Å². The highest BCUT2D eigenvalue weighted by Crippen LogP contribution is 2.65. The lowest BCUT2D eigenvalue weighted by Gasteiger charge is -2.64. The standard InChI is InChI=1S/C37H53BN4O6/c1-25-23-42(16-17-45-25)35(2,3)21-27(22-39)33(43)41-15-11-10-14-29(24-41)46-34(44)40-32(18-26-12-8-7-9-13-26)38-47-31-20-28-19-30(36(28,4)5)37(31,6)48-38/h7-9,12-13,21,25,28-32H,10-11,14-20,23-24H2,1-6H3,(H,40,44)/b27-21+/t25-,28+,29-,30+,31-,32+,37+/m1/s1. The number of carbonyl (C=O) groups excluding carboxylic acids is 2. The first-order chi connectivity index (χ1) is 22.8. The lowest BCUT2D eigenvalue weighted by molar-refractivity contribution is -0.199. The van der Waals surface area contributed by atoms with Gasteiger partial charge in [-0.2, -0.15) is 5.26 Å². The van der Waals surface area contributed by atoms with Gasteiger partial charge in [-0.05, 0) is 95.1 Å². The van der Waals surface area contributed by atoms with E-state index in [-0.39, 0.29) is 35.6 Å². The molecule has 3 aliphatic heterocycles. The minimum absolute atomic E-state index is 0.00388. The number of carbonyl (C=O) groups is 2. The summed E-state index contributed by atoms with van der Waals surface area (Å²) in [5, 5.41) is 13.2. The van der Waals surface area contributed by atoms with Crippen LogP contribution in [0, 0.1) is 28.6 Å². The normalized spacial score (nSPS) is 32.7. The third-order valence-corrected chi connectivity index (χ3v) is 12.0. The molecule has 1 N–H and O–H groups in total. The number of nitriles is 1. The second-order valence-corrected chi connectivity index (χ2v) is 16.0. The Hall–Kier alpha value is -2.91. The summed E-state index contributed by atoms with van der Waals surface area (Å²) in [4.78, 5) is 31.2. The largest absolute Gasteiger partial charge is 0.482 e. The molecule has 260 valence electrons. The highest BCUT2D eigenvalue weighted by atomic mass is 16.7. The van der Waals surface area contributed by atoms with Gasteiger partial charge in [0, 0.05) is 25.2 Å². The van der Waals surface area contributed by atoms with Gasteiger partial charge in [-0.25, -0.2) is 4.79 Å². The minimum Gasteiger partial charge on any atom is -0.444 e. The molecule has 7 rings (SSSR count). The van der Waals surface area contributed by atoms with Crippen LogP contribution in [0.25, 0.3) is 0 Å². The molecule has 10 nitrogen and oxygen atoms in total. The fourth-order valence-corrected chi connectivity index (χ4v) is 8.97. The Kier molecular flexibility index (Phi) is 10.0. The molecular formula is C37H53BN4O6. The summed E-state index contributed by atoms with van der Waals surface area (Å²) in [6.07, 6.45) is 5.68. The Morgan fingerprint density at radius 1 is 1.17 bits per heavy atom. The Balaban J connectivity index is 1.12. The highest BCUT2D eigenvalue weighted by molar-refractivity contribution is 6.47. The maximum Gasteiger partial charge on any atom is 0.482 e. The summed E-state index contributed by atoms with van der Waals surface area (Å²) in [6.45, 7) is 15.8. The molecule has 0 spiro atoms. The summed E-state index contributed by atoms with van der Waals surface area (Å²) in [6, 6.07) is 12.2. The van der Waals surface area contributed by atoms with Crippen molar-refractivity contribution >= 4 is 19.1 Å². The lowest BCUT2D eigenvalue weighted by Crippen LogP contribution is -2.65. The number of morpholine rings is 1. The van der Waals surface area contributed by atoms with Crippen molar-refractivity contribution in [3.63, 3.8) is 0 Å². The molecule has 2 bridgehead atoms. The first-order valence-corrected chi connectivity index (χ1v) is 17.9. The number of alkyl carbamates (subject to hydrolysis) is 1. The summed E-state index contributed by atoms with van der Waals surface area (Å²) in [7, 11) is -0.601. The second-order valence-electron chi connectivity index (χ2n) is 16.0. The van der Waals surface area contributed by atoms with Gasteiger partial charge in [-0.1, -0.05) is 44.2 Å². The van der Waals surface area contributed by atoms with Crippen LogP contribution in [-0.4, -0.2) is 97.1 Å². The van der Waals surface area contributed by atoms with Gasteiger partial charge in [0.05, 0.1) is 36.9 Å². The smallest absolute Gasteiger partial charge is 0.444 e. The summed E-state index contributed by atoms with van der Waals surface area (Å²) in [5.41, 5.74) is 0.496. The van der Waals surface area contributed by atoms with E-state index in [9.17, 15) is 14.9 Å². The molecule has 7 atom stereocenters. The van der Waals surface area contributed by atoms with Crippen LogP contribution < -0.4 is 5.32 Å². The maximum absolute atomic E-state index is 13.7. The van der Waals surface area contributed by atoms with Gasteiger partial charge in [0.25, 0.3) is 5.91 Å². The van der Waals surface area contributed by atoms with Crippen molar-refractivity contribution in [2.24, 2.45) is 17.3 Å². The van der Waals surface area contributed by atoms with Crippen molar-refractivity contribution in [2.75, 3.05) is 32.8 Å². The molecule has 1 aromatic rings. The second kappa shape index (κ2) is 13.8. The maximum atomic E-state index is 13.7. The van der Waals surface area contributed by atoms with E-state index >= 15 is 0 Å². The van der Waals surface area contributed by atoms with Crippen LogP contribution in [0.3, 0.4) is 0 Å². The summed E-state index contributed by atoms with van der Waals surface area (Å²) < 4.78 is 25.1. The van der Waals surface area contributed by atoms with E-state index in [1.165, 1.54) is 0 Å². The van der Waals surface area contributed by atoms with Gasteiger partial charge < -0.3 is 29.0 Å². The van der Waals surface area contributed by atoms with Crippen molar-refractivity contribution in [2.45, 2.75) is 115 Å². The molecule has 3 saturated heterocycles. The third kappa shape index (κ3) is 7.05. The molecule has 3 heterocycles. The van der Waals surface area contributed by atoms with Gasteiger partial charge in [-0.15, -0.1) is 0 Å². The average Bonchev–Trinajstić information content (AvgIpc) is 3.25. The Bertz CT molecular complexity index is 1410. The molecule has 0 aromatic heterocycles. The first-order valence-electron chi connectivity index (χ1n) is 17.9. The fraction of sp³-hybridized carbons (Fsp3) is 0.703. The molecule has 1 aromatic carbocycles. The number of hydrogen-bond acceptors (Lipinski definition) is 8. The predicted octanol–water partition coefficient (Wildman–Crippen LogP) is 4.92. The number of hydrogen-bond donors (Lipinski definition) is 1. The van der Waals surface area contributed by atoms with Crippen LogP contribution in [0.2, 0.25) is 0 Å². The van der Waals surface area contributed by atoms with Crippen LogP contribution in [0.4, 0.5) is 4.79 Å². The Morgan fingerprint density at radius 2 is 1.94 bits per heavy atom. The van der Waals surface area contributed by atoms with Crippen molar-refractivity contribution < 1.29 is 28.4 Å². The minimum atomic E-state index is -0.601. The van der Waals surface area contributed by atoms with E-state index in [2.05, 4.69) is 37.1 Å². The van der Waals surface area contributed by atoms with Crippen molar-refractivity contribution in [3.05, 3.63) is 47.5 Å². The Labute approximate surface area is 286 Å². The number of likely N-dealkylation sites (tertiary alicyclic amines) is 1. The fourth-order valence-electron chi connectivity index (χ4n) is 8.97. The van der Waals surface area contributed by atoms with Gasteiger partial charge in [0.2, 0.25) is 0 Å². The topological polar surface area (TPSA) is 113 Å². The third-order valence-electron chi connectivity index (χ3n) is 12.0. The van der Waals surface area contributed by atoms with Crippen LogP contribution in [0.1, 0.15) is 79.2 Å². The number of rotatable bonds is 8. The summed E-state index contributed by atoms with van der Waals surface area (Å²) in [5.74, 6) is 0.256. The van der Waals surface area contributed by atoms with Gasteiger partial charge in [0.1, 0.15) is 17.7 Å². The van der Waals surface area contributed by atoms with Crippen LogP contribution in [-0.2, 0) is 30.0 Å². The van der Waals surface area contributed by atoms with E-state index in [0.29, 0.717) is 37.8 Å². The quantitative estimate of drug-likeness (QED) is 0.238. The molecule has 6 fully saturated rings. The molecule has 0 radical (unpaired) electrons. The van der Waals surface area contributed by atoms with E-state index in [0.717, 1.165) is 44.3 Å². The average molecular weight is 661 g/mol. The van der Waals surface area contributed by atoms with Crippen LogP contribution in [0.15, 0.2) is 42.0 Å². The number of nitrogens with zero attached hydrogens (tertiary/aromatic N) is 3. The monoisotopic (exact) mass is 660 g/mol. The Morgan fingerprint density at radius 3 is 2.65 bits per heavy atom. The highest BCUT2D eigenvalue weighted by Gasteiger charge is 2.68. The van der Waals surface area contributed by atoms with E-state index in [1.807, 2.05) is 51.1 Å². The molecule has 11 heteroatoms. The zero-order chi connectivity index (χ0) is 34.3.